The van der Waals surface area contributed by atoms with Crippen molar-refractivity contribution < 1.29 is 19.2 Å². The summed E-state index contributed by atoms with van der Waals surface area (Å²) in [7, 11) is 0. The van der Waals surface area contributed by atoms with Crippen LogP contribution < -0.4 is 21.3 Å². The number of carbonyl (C=O) groups is 4. The molecule has 0 radical (unpaired) electrons. The van der Waals surface area contributed by atoms with E-state index in [1.165, 1.54) is 6.92 Å². The van der Waals surface area contributed by atoms with E-state index in [1.54, 1.807) is 0 Å². The maximum Gasteiger partial charge on any atom is 0.219 e. The summed E-state index contributed by atoms with van der Waals surface area (Å²) in [4.78, 5) is 41.1. The highest BCUT2D eigenvalue weighted by atomic mass is 16.2. The van der Waals surface area contributed by atoms with Gasteiger partial charge in [-0.15, -0.1) is 0 Å². The fourth-order valence-electron chi connectivity index (χ4n) is 1.41. The van der Waals surface area contributed by atoms with E-state index in [0.29, 0.717) is 19.3 Å². The van der Waals surface area contributed by atoms with Crippen molar-refractivity contribution in [3.63, 3.8) is 0 Å². The Morgan fingerprint density at radius 1 is 0.536 bits per heavy atom. The Morgan fingerprint density at radius 3 is 1.00 bits per heavy atom. The number of amides is 4. The first-order chi connectivity index (χ1) is 13.2. The zero-order chi connectivity index (χ0) is 22.8. The van der Waals surface area contributed by atoms with Gasteiger partial charge in [0, 0.05) is 52.4 Å². The van der Waals surface area contributed by atoms with Gasteiger partial charge in [-0.3, -0.25) is 19.2 Å². The molecule has 4 amide bonds. The fourth-order valence-corrected chi connectivity index (χ4v) is 1.41. The van der Waals surface area contributed by atoms with Crippen LogP contribution in [-0.4, -0.2) is 49.8 Å². The Morgan fingerprint density at radius 2 is 0.857 bits per heavy atom. The van der Waals surface area contributed by atoms with E-state index in [2.05, 4.69) is 21.3 Å². The Hall–Kier alpha value is -2.12. The third-order valence-electron chi connectivity index (χ3n) is 2.67. The summed E-state index contributed by atoms with van der Waals surface area (Å²) in [5.74, 6) is 0.456. The van der Waals surface area contributed by atoms with Gasteiger partial charge in [-0.2, -0.15) is 0 Å². The molecule has 0 bridgehead atoms. The first kappa shape index (κ1) is 33.5. The molecule has 0 spiro atoms. The van der Waals surface area contributed by atoms with Crippen LogP contribution in [0.1, 0.15) is 81.1 Å². The van der Waals surface area contributed by atoms with Gasteiger partial charge < -0.3 is 21.3 Å². The van der Waals surface area contributed by atoms with Crippen LogP contribution in [0.25, 0.3) is 0 Å². The Kier molecular flexibility index (Phi) is 35.4. The lowest BCUT2D eigenvalue weighted by atomic mass is 10.3. The van der Waals surface area contributed by atoms with Gasteiger partial charge in [0.15, 0.2) is 0 Å². The maximum atomic E-state index is 10.5. The summed E-state index contributed by atoms with van der Waals surface area (Å²) < 4.78 is 0. The minimum absolute atomic E-state index is 0.0394. The summed E-state index contributed by atoms with van der Waals surface area (Å²) in [6.07, 6.45) is 2.78. The normalized spacial score (nSPS) is 8.29. The minimum atomic E-state index is 0.0394. The van der Waals surface area contributed by atoms with Gasteiger partial charge in [-0.1, -0.05) is 20.8 Å². The molecule has 0 heterocycles. The molecular weight excluding hydrogens is 360 g/mol. The molecule has 8 heteroatoms. The highest BCUT2D eigenvalue weighted by Gasteiger charge is 1.92. The SMILES string of the molecule is CCCC(=O)NCC.CCNC(=O)CC.CCNC(=O)CC.CCNC(C)=O. The van der Waals surface area contributed by atoms with Gasteiger partial charge in [-0.25, -0.2) is 0 Å². The third-order valence-corrected chi connectivity index (χ3v) is 2.67. The molecule has 0 aromatic carbocycles. The Labute approximate surface area is 172 Å². The molecule has 4 N–H and O–H groups in total. The van der Waals surface area contributed by atoms with E-state index in [4.69, 9.17) is 0 Å². The topological polar surface area (TPSA) is 116 Å². The monoisotopic (exact) mass is 404 g/mol. The molecule has 0 saturated heterocycles. The zero-order valence-corrected chi connectivity index (χ0v) is 19.3. The van der Waals surface area contributed by atoms with Crippen molar-refractivity contribution in [3.05, 3.63) is 0 Å². The average molecular weight is 405 g/mol. The van der Waals surface area contributed by atoms with E-state index < -0.39 is 0 Å². The van der Waals surface area contributed by atoms with E-state index in [1.807, 2.05) is 48.5 Å². The molecule has 0 atom stereocenters. The van der Waals surface area contributed by atoms with Crippen LogP contribution in [0.4, 0.5) is 0 Å². The van der Waals surface area contributed by atoms with Gasteiger partial charge >= 0.3 is 0 Å². The molecule has 0 aliphatic rings. The number of hydrogen-bond donors (Lipinski definition) is 4. The second-order valence-corrected chi connectivity index (χ2v) is 5.40. The first-order valence-corrected chi connectivity index (χ1v) is 10.2. The third kappa shape index (κ3) is 43.9. The number of hydrogen-bond acceptors (Lipinski definition) is 4. The lowest BCUT2D eigenvalue weighted by molar-refractivity contribution is -0.121. The van der Waals surface area contributed by atoms with Crippen molar-refractivity contribution in [2.75, 3.05) is 26.2 Å². The fraction of sp³-hybridized carbons (Fsp3) is 0.800. The Balaban J connectivity index is -0.000000138. The second-order valence-electron chi connectivity index (χ2n) is 5.40. The molecule has 0 aromatic rings. The highest BCUT2D eigenvalue weighted by Crippen LogP contribution is 1.83. The summed E-state index contributed by atoms with van der Waals surface area (Å²) >= 11 is 0. The maximum absolute atomic E-state index is 10.5. The van der Waals surface area contributed by atoms with Crippen LogP contribution in [-0.2, 0) is 19.2 Å². The molecule has 0 aromatic heterocycles. The van der Waals surface area contributed by atoms with Gasteiger partial charge in [-0.05, 0) is 34.1 Å². The molecule has 0 rings (SSSR count). The van der Waals surface area contributed by atoms with Crippen molar-refractivity contribution in [1.82, 2.24) is 21.3 Å². The van der Waals surface area contributed by atoms with Crippen LogP contribution in [0.15, 0.2) is 0 Å². The van der Waals surface area contributed by atoms with Crippen molar-refractivity contribution in [2.45, 2.75) is 81.1 Å². The van der Waals surface area contributed by atoms with Crippen molar-refractivity contribution in [2.24, 2.45) is 0 Å². The lowest BCUT2D eigenvalue weighted by Gasteiger charge is -1.96. The van der Waals surface area contributed by atoms with Crippen LogP contribution in [0.5, 0.6) is 0 Å². The van der Waals surface area contributed by atoms with E-state index in [0.717, 1.165) is 32.6 Å². The lowest BCUT2D eigenvalue weighted by Crippen LogP contribution is -2.21. The average Bonchev–Trinajstić information content (AvgIpc) is 2.64. The summed E-state index contributed by atoms with van der Waals surface area (Å²) in [5, 5.41) is 10.6. The Bertz CT molecular complexity index is 362. The molecule has 0 unspecified atom stereocenters. The molecule has 0 aliphatic heterocycles. The first-order valence-electron chi connectivity index (χ1n) is 10.2. The largest absolute Gasteiger partial charge is 0.357 e. The van der Waals surface area contributed by atoms with Crippen LogP contribution in [0.3, 0.4) is 0 Å². The quantitative estimate of drug-likeness (QED) is 0.496. The number of carbonyl (C=O) groups excluding carboxylic acids is 4. The van der Waals surface area contributed by atoms with Gasteiger partial charge in [0.25, 0.3) is 0 Å². The van der Waals surface area contributed by atoms with Crippen molar-refractivity contribution in [1.29, 1.82) is 0 Å². The van der Waals surface area contributed by atoms with Crippen molar-refractivity contribution in [3.8, 4) is 0 Å². The van der Waals surface area contributed by atoms with Crippen LogP contribution in [0, 0.1) is 0 Å². The predicted octanol–water partition coefficient (Wildman–Crippen LogP) is 2.13. The molecular formula is C20H44N4O4. The van der Waals surface area contributed by atoms with Crippen molar-refractivity contribution >= 4 is 23.6 Å². The molecule has 0 fully saturated rings. The standard InChI is InChI=1S/C6H13NO.2C5H11NO.C4H9NO/c1-3-5-6(8)7-4-2;2*1-3-5(7)6-4-2;1-3-5-4(2)6/h3-5H2,1-2H3,(H,7,8);2*3-4H2,1-2H3,(H,6,7);3H2,1-2H3,(H,5,6). The highest BCUT2D eigenvalue weighted by molar-refractivity contribution is 5.76. The summed E-state index contributed by atoms with van der Waals surface area (Å²) in [5.41, 5.74) is 0. The van der Waals surface area contributed by atoms with Crippen LogP contribution >= 0.6 is 0 Å². The molecule has 0 aliphatic carbocycles. The smallest absolute Gasteiger partial charge is 0.219 e. The minimum Gasteiger partial charge on any atom is -0.357 e. The van der Waals surface area contributed by atoms with E-state index in [-0.39, 0.29) is 23.6 Å². The molecule has 8 nitrogen and oxygen atoms in total. The van der Waals surface area contributed by atoms with Gasteiger partial charge in [0.2, 0.25) is 23.6 Å². The molecule has 0 saturated carbocycles. The van der Waals surface area contributed by atoms with E-state index in [9.17, 15) is 19.2 Å². The van der Waals surface area contributed by atoms with E-state index >= 15 is 0 Å². The molecule has 28 heavy (non-hydrogen) atoms. The van der Waals surface area contributed by atoms with Gasteiger partial charge in [0.1, 0.15) is 0 Å². The van der Waals surface area contributed by atoms with Crippen LogP contribution in [0.2, 0.25) is 0 Å². The zero-order valence-electron chi connectivity index (χ0n) is 19.3. The summed E-state index contributed by atoms with van der Waals surface area (Å²) in [6.45, 7) is 17.8. The van der Waals surface area contributed by atoms with Gasteiger partial charge in [0.05, 0.1) is 0 Å². The summed E-state index contributed by atoms with van der Waals surface area (Å²) in [6, 6.07) is 0. The number of rotatable bonds is 8. The number of nitrogens with one attached hydrogen (secondary N) is 4. The predicted molar refractivity (Wildman–Crippen MR) is 116 cm³/mol. The molecule has 168 valence electrons. The second kappa shape index (κ2) is 29.6.